The number of hydrogen-bond acceptors (Lipinski definition) is 4. The van der Waals surface area contributed by atoms with Gasteiger partial charge in [0.25, 0.3) is 0 Å². The third kappa shape index (κ3) is 1.94. The van der Waals surface area contributed by atoms with Crippen LogP contribution in [0.25, 0.3) is 0 Å². The van der Waals surface area contributed by atoms with E-state index in [9.17, 15) is 0 Å². The summed E-state index contributed by atoms with van der Waals surface area (Å²) in [5, 5.41) is 7.84. The molecule has 0 saturated heterocycles. The molecular formula is C9H11N5. The number of nitrogens with two attached hydrogens (primary N) is 1. The van der Waals surface area contributed by atoms with Crippen LogP contribution in [0, 0.1) is 0 Å². The normalized spacial score (nSPS) is 10.4. The van der Waals surface area contributed by atoms with Crippen LogP contribution in [0.4, 0.5) is 0 Å². The van der Waals surface area contributed by atoms with Gasteiger partial charge in [-0.3, -0.25) is 4.98 Å². The van der Waals surface area contributed by atoms with Crippen LogP contribution in [0.2, 0.25) is 0 Å². The monoisotopic (exact) mass is 189 g/mol. The first-order valence-electron chi connectivity index (χ1n) is 4.36. The minimum Gasteiger partial charge on any atom is -0.325 e. The SMILES string of the molecule is NCc1cn(Cc2cccnc2)nn1. The van der Waals surface area contributed by atoms with Gasteiger partial charge in [0, 0.05) is 18.9 Å². The van der Waals surface area contributed by atoms with E-state index in [-0.39, 0.29) is 0 Å². The van der Waals surface area contributed by atoms with Crippen LogP contribution in [0.1, 0.15) is 11.3 Å². The van der Waals surface area contributed by atoms with Gasteiger partial charge < -0.3 is 5.73 Å². The lowest BCUT2D eigenvalue weighted by Crippen LogP contribution is -2.00. The first-order valence-corrected chi connectivity index (χ1v) is 4.36. The molecular weight excluding hydrogens is 178 g/mol. The molecule has 0 bridgehead atoms. The van der Waals surface area contributed by atoms with Crippen molar-refractivity contribution in [2.45, 2.75) is 13.1 Å². The average molecular weight is 189 g/mol. The molecule has 14 heavy (non-hydrogen) atoms. The van der Waals surface area contributed by atoms with E-state index in [1.807, 2.05) is 24.5 Å². The summed E-state index contributed by atoms with van der Waals surface area (Å²) in [5.41, 5.74) is 7.33. The maximum Gasteiger partial charge on any atom is 0.0962 e. The van der Waals surface area contributed by atoms with E-state index in [0.29, 0.717) is 13.1 Å². The fraction of sp³-hybridized carbons (Fsp3) is 0.222. The summed E-state index contributed by atoms with van der Waals surface area (Å²) in [5.74, 6) is 0. The van der Waals surface area contributed by atoms with E-state index in [1.54, 1.807) is 10.9 Å². The molecule has 5 nitrogen and oxygen atoms in total. The van der Waals surface area contributed by atoms with Gasteiger partial charge in [-0.2, -0.15) is 0 Å². The molecule has 0 amide bonds. The standard InChI is InChI=1S/C9H11N5/c10-4-9-7-14(13-12-9)6-8-2-1-3-11-5-8/h1-3,5,7H,4,6,10H2. The molecule has 0 atom stereocenters. The van der Waals surface area contributed by atoms with Gasteiger partial charge in [0.2, 0.25) is 0 Å². The van der Waals surface area contributed by atoms with Gasteiger partial charge in [-0.05, 0) is 11.6 Å². The van der Waals surface area contributed by atoms with Gasteiger partial charge in [0.1, 0.15) is 0 Å². The van der Waals surface area contributed by atoms with Gasteiger partial charge >= 0.3 is 0 Å². The summed E-state index contributed by atoms with van der Waals surface area (Å²) >= 11 is 0. The van der Waals surface area contributed by atoms with Crippen LogP contribution < -0.4 is 5.73 Å². The van der Waals surface area contributed by atoms with Crippen molar-refractivity contribution in [2.75, 3.05) is 0 Å². The molecule has 0 fully saturated rings. The van der Waals surface area contributed by atoms with Crippen LogP contribution in [0.15, 0.2) is 30.7 Å². The Labute approximate surface area is 81.6 Å². The quantitative estimate of drug-likeness (QED) is 0.747. The minimum atomic E-state index is 0.424. The second-order valence-electron chi connectivity index (χ2n) is 2.97. The summed E-state index contributed by atoms with van der Waals surface area (Å²) in [6, 6.07) is 3.90. The Morgan fingerprint density at radius 2 is 2.36 bits per heavy atom. The molecule has 0 saturated carbocycles. The second-order valence-corrected chi connectivity index (χ2v) is 2.97. The molecule has 0 unspecified atom stereocenters. The van der Waals surface area contributed by atoms with Crippen molar-refractivity contribution >= 4 is 0 Å². The van der Waals surface area contributed by atoms with Crippen LogP contribution in [-0.4, -0.2) is 20.0 Å². The molecule has 2 N–H and O–H groups in total. The molecule has 2 aromatic rings. The van der Waals surface area contributed by atoms with E-state index >= 15 is 0 Å². The van der Waals surface area contributed by atoms with E-state index in [0.717, 1.165) is 11.3 Å². The minimum absolute atomic E-state index is 0.424. The molecule has 2 heterocycles. The Kier molecular flexibility index (Phi) is 2.51. The smallest absolute Gasteiger partial charge is 0.0962 e. The first-order chi connectivity index (χ1) is 6.88. The lowest BCUT2D eigenvalue weighted by atomic mass is 10.3. The van der Waals surface area contributed by atoms with Gasteiger partial charge in [0.15, 0.2) is 0 Å². The van der Waals surface area contributed by atoms with Crippen LogP contribution in [-0.2, 0) is 13.1 Å². The number of aromatic nitrogens is 4. The zero-order valence-electron chi connectivity index (χ0n) is 7.67. The topological polar surface area (TPSA) is 69.6 Å². The Hall–Kier alpha value is -1.75. The molecule has 2 aromatic heterocycles. The fourth-order valence-corrected chi connectivity index (χ4v) is 1.19. The number of nitrogens with zero attached hydrogens (tertiary/aromatic N) is 4. The zero-order chi connectivity index (χ0) is 9.80. The Balaban J connectivity index is 2.11. The van der Waals surface area contributed by atoms with Crippen molar-refractivity contribution in [2.24, 2.45) is 5.73 Å². The van der Waals surface area contributed by atoms with Gasteiger partial charge in [-0.15, -0.1) is 5.10 Å². The second kappa shape index (κ2) is 3.97. The lowest BCUT2D eigenvalue weighted by molar-refractivity contribution is 0.647. The van der Waals surface area contributed by atoms with Crippen molar-refractivity contribution in [3.63, 3.8) is 0 Å². The highest BCUT2D eigenvalue weighted by molar-refractivity contribution is 5.08. The maximum absolute atomic E-state index is 5.43. The summed E-state index contributed by atoms with van der Waals surface area (Å²) in [6.45, 7) is 1.11. The van der Waals surface area contributed by atoms with E-state index in [4.69, 9.17) is 5.73 Å². The summed E-state index contributed by atoms with van der Waals surface area (Å²) in [7, 11) is 0. The molecule has 2 rings (SSSR count). The zero-order valence-corrected chi connectivity index (χ0v) is 7.67. The van der Waals surface area contributed by atoms with Crippen molar-refractivity contribution in [3.8, 4) is 0 Å². The van der Waals surface area contributed by atoms with Crippen LogP contribution >= 0.6 is 0 Å². The molecule has 0 aliphatic carbocycles. The van der Waals surface area contributed by atoms with Crippen molar-refractivity contribution < 1.29 is 0 Å². The summed E-state index contributed by atoms with van der Waals surface area (Å²) < 4.78 is 1.75. The third-order valence-corrected chi connectivity index (χ3v) is 1.86. The largest absolute Gasteiger partial charge is 0.325 e. The van der Waals surface area contributed by atoms with Gasteiger partial charge in [-0.1, -0.05) is 11.3 Å². The molecule has 0 aromatic carbocycles. The summed E-state index contributed by atoms with van der Waals surface area (Å²) in [4.78, 5) is 4.02. The number of rotatable bonds is 3. The first kappa shape index (κ1) is 8.83. The highest BCUT2D eigenvalue weighted by Crippen LogP contribution is 1.99. The lowest BCUT2D eigenvalue weighted by Gasteiger charge is -1.98. The van der Waals surface area contributed by atoms with Crippen LogP contribution in [0.5, 0.6) is 0 Å². The molecule has 5 heteroatoms. The third-order valence-electron chi connectivity index (χ3n) is 1.86. The van der Waals surface area contributed by atoms with Crippen molar-refractivity contribution in [1.82, 2.24) is 20.0 Å². The van der Waals surface area contributed by atoms with E-state index in [2.05, 4.69) is 15.3 Å². The molecule has 72 valence electrons. The fourth-order valence-electron chi connectivity index (χ4n) is 1.19. The van der Waals surface area contributed by atoms with Crippen molar-refractivity contribution in [3.05, 3.63) is 42.0 Å². The Morgan fingerprint density at radius 1 is 1.43 bits per heavy atom. The van der Waals surface area contributed by atoms with Crippen LogP contribution in [0.3, 0.4) is 0 Å². The van der Waals surface area contributed by atoms with E-state index in [1.165, 1.54) is 0 Å². The Bertz CT molecular complexity index is 395. The molecule has 0 aliphatic rings. The molecule has 0 aliphatic heterocycles. The maximum atomic E-state index is 5.43. The van der Waals surface area contributed by atoms with Crippen molar-refractivity contribution in [1.29, 1.82) is 0 Å². The Morgan fingerprint density at radius 3 is 3.00 bits per heavy atom. The molecule has 0 spiro atoms. The van der Waals surface area contributed by atoms with E-state index < -0.39 is 0 Å². The number of pyridine rings is 1. The summed E-state index contributed by atoms with van der Waals surface area (Å²) in [6.07, 6.45) is 5.40. The average Bonchev–Trinajstić information content (AvgIpc) is 2.67. The molecule has 0 radical (unpaired) electrons. The predicted octanol–water partition coefficient (Wildman–Crippen LogP) is 0.180. The number of hydrogen-bond donors (Lipinski definition) is 1. The van der Waals surface area contributed by atoms with Gasteiger partial charge in [0.05, 0.1) is 18.4 Å². The highest BCUT2D eigenvalue weighted by atomic mass is 15.4. The van der Waals surface area contributed by atoms with Gasteiger partial charge in [-0.25, -0.2) is 4.68 Å². The highest BCUT2D eigenvalue weighted by Gasteiger charge is 1.98. The predicted molar refractivity (Wildman–Crippen MR) is 51.3 cm³/mol.